The molecule has 0 saturated carbocycles. The van der Waals surface area contributed by atoms with Crippen LogP contribution < -0.4 is 15.4 Å². The lowest BCUT2D eigenvalue weighted by Crippen LogP contribution is -2.37. The number of rotatable bonds is 8. The van der Waals surface area contributed by atoms with Gasteiger partial charge in [-0.3, -0.25) is 9.59 Å². The quantitative estimate of drug-likeness (QED) is 0.579. The molecule has 3 rings (SSSR count). The van der Waals surface area contributed by atoms with Gasteiger partial charge in [0.2, 0.25) is 5.91 Å². The molecule has 0 aliphatic rings. The maximum Gasteiger partial charge on any atom is 0.251 e. The summed E-state index contributed by atoms with van der Waals surface area (Å²) >= 11 is 0. The highest BCUT2D eigenvalue weighted by Gasteiger charge is 2.12. The van der Waals surface area contributed by atoms with Crippen LogP contribution in [0.2, 0.25) is 0 Å². The summed E-state index contributed by atoms with van der Waals surface area (Å²) in [6.07, 6.45) is 0.481. The molecule has 0 aliphatic heterocycles. The van der Waals surface area contributed by atoms with Crippen LogP contribution in [0.4, 0.5) is 8.78 Å². The maximum atomic E-state index is 13.7. The van der Waals surface area contributed by atoms with Gasteiger partial charge in [-0.1, -0.05) is 24.3 Å². The van der Waals surface area contributed by atoms with E-state index in [4.69, 9.17) is 4.74 Å². The molecule has 3 aromatic carbocycles. The van der Waals surface area contributed by atoms with Gasteiger partial charge in [0, 0.05) is 17.7 Å². The summed E-state index contributed by atoms with van der Waals surface area (Å²) in [4.78, 5) is 24.4. The second-order valence-corrected chi connectivity index (χ2v) is 6.84. The molecule has 0 fully saturated rings. The first-order chi connectivity index (χ1) is 15.0. The molecular weight excluding hydrogens is 402 g/mol. The third-order valence-corrected chi connectivity index (χ3v) is 4.63. The fourth-order valence-electron chi connectivity index (χ4n) is 3.10. The molecule has 2 N–H and O–H groups in total. The highest BCUT2D eigenvalue weighted by atomic mass is 19.1. The number of hydrogen-bond acceptors (Lipinski definition) is 3. The number of nitrogens with one attached hydrogen (secondary N) is 2. The Labute approximate surface area is 179 Å². The Hall–Kier alpha value is -3.74. The Bertz CT molecular complexity index is 1090. The van der Waals surface area contributed by atoms with E-state index in [0.717, 1.165) is 5.56 Å². The highest BCUT2D eigenvalue weighted by molar-refractivity contribution is 5.97. The molecule has 0 saturated heterocycles. The Morgan fingerprint density at radius 2 is 1.68 bits per heavy atom. The number of amides is 2. The average molecular weight is 424 g/mol. The predicted molar refractivity (Wildman–Crippen MR) is 114 cm³/mol. The summed E-state index contributed by atoms with van der Waals surface area (Å²) in [5.41, 5.74) is 2.24. The number of benzene rings is 3. The molecule has 0 bridgehead atoms. The zero-order valence-corrected chi connectivity index (χ0v) is 17.0. The van der Waals surface area contributed by atoms with Crippen LogP contribution in [0, 0.1) is 11.6 Å². The second-order valence-electron chi connectivity index (χ2n) is 6.84. The zero-order chi connectivity index (χ0) is 22.2. The molecule has 7 heteroatoms. The monoisotopic (exact) mass is 424 g/mol. The van der Waals surface area contributed by atoms with Crippen molar-refractivity contribution < 1.29 is 23.1 Å². The Morgan fingerprint density at radius 3 is 2.45 bits per heavy atom. The number of methoxy groups -OCH3 is 1. The van der Waals surface area contributed by atoms with Gasteiger partial charge in [0.1, 0.15) is 17.4 Å². The van der Waals surface area contributed by atoms with E-state index in [9.17, 15) is 18.4 Å². The molecule has 31 heavy (non-hydrogen) atoms. The van der Waals surface area contributed by atoms with E-state index in [0.29, 0.717) is 35.4 Å². The maximum absolute atomic E-state index is 13.7. The first-order valence-corrected chi connectivity index (χ1v) is 9.69. The number of carbonyl (C=O) groups is 2. The smallest absolute Gasteiger partial charge is 0.251 e. The molecule has 0 atom stereocenters. The topological polar surface area (TPSA) is 67.4 Å². The van der Waals surface area contributed by atoms with Crippen molar-refractivity contribution in [3.05, 3.63) is 89.5 Å². The van der Waals surface area contributed by atoms with Gasteiger partial charge in [0.15, 0.2) is 0 Å². The summed E-state index contributed by atoms with van der Waals surface area (Å²) < 4.78 is 32.1. The minimum absolute atomic E-state index is 0.199. The summed E-state index contributed by atoms with van der Waals surface area (Å²) in [6.45, 7) is 0.127. The van der Waals surface area contributed by atoms with Crippen LogP contribution in [0.25, 0.3) is 11.1 Å². The van der Waals surface area contributed by atoms with Gasteiger partial charge in [-0.05, 0) is 60.0 Å². The normalized spacial score (nSPS) is 10.4. The molecule has 2 amide bonds. The van der Waals surface area contributed by atoms with Gasteiger partial charge in [-0.25, -0.2) is 8.78 Å². The molecular formula is C24H22F2N2O3. The lowest BCUT2D eigenvalue weighted by molar-refractivity contribution is -0.120. The van der Waals surface area contributed by atoms with Crippen molar-refractivity contribution in [2.75, 3.05) is 20.2 Å². The molecule has 5 nitrogen and oxygen atoms in total. The van der Waals surface area contributed by atoms with E-state index in [1.165, 1.54) is 37.4 Å². The van der Waals surface area contributed by atoms with Gasteiger partial charge in [0.05, 0.1) is 13.7 Å². The summed E-state index contributed by atoms with van der Waals surface area (Å²) in [5.74, 6) is -1.04. The van der Waals surface area contributed by atoms with Gasteiger partial charge >= 0.3 is 0 Å². The number of hydrogen-bond donors (Lipinski definition) is 2. The highest BCUT2D eigenvalue weighted by Crippen LogP contribution is 2.31. The van der Waals surface area contributed by atoms with Crippen molar-refractivity contribution in [2.45, 2.75) is 6.42 Å². The summed E-state index contributed by atoms with van der Waals surface area (Å²) in [7, 11) is 1.49. The fourth-order valence-corrected chi connectivity index (χ4v) is 3.10. The number of ether oxygens (including phenoxy) is 1. The summed E-state index contributed by atoms with van der Waals surface area (Å²) in [5, 5.41) is 5.24. The van der Waals surface area contributed by atoms with Crippen LogP contribution in [0.5, 0.6) is 5.75 Å². The molecule has 160 valence electrons. The molecule has 0 spiro atoms. The van der Waals surface area contributed by atoms with Crippen molar-refractivity contribution in [3.63, 3.8) is 0 Å². The molecule has 3 aromatic rings. The molecule has 0 unspecified atom stereocenters. The summed E-state index contributed by atoms with van der Waals surface area (Å²) in [6, 6.07) is 16.9. The number of carbonyl (C=O) groups excluding carboxylic acids is 2. The molecule has 0 heterocycles. The van der Waals surface area contributed by atoms with Gasteiger partial charge in [0.25, 0.3) is 5.91 Å². The lowest BCUT2D eigenvalue weighted by atomic mass is 10.0. The van der Waals surface area contributed by atoms with Gasteiger partial charge in [-0.2, -0.15) is 0 Å². The third-order valence-electron chi connectivity index (χ3n) is 4.63. The van der Waals surface area contributed by atoms with Crippen LogP contribution in [-0.2, 0) is 11.2 Å². The minimum atomic E-state index is -0.433. The molecule has 0 aromatic heterocycles. The zero-order valence-electron chi connectivity index (χ0n) is 17.0. The van der Waals surface area contributed by atoms with E-state index in [1.54, 1.807) is 36.4 Å². The minimum Gasteiger partial charge on any atom is -0.496 e. The lowest BCUT2D eigenvalue weighted by Gasteiger charge is -2.11. The van der Waals surface area contributed by atoms with E-state index in [2.05, 4.69) is 10.6 Å². The largest absolute Gasteiger partial charge is 0.496 e. The van der Waals surface area contributed by atoms with Crippen molar-refractivity contribution >= 4 is 11.8 Å². The first kappa shape index (κ1) is 22.0. The third kappa shape index (κ3) is 6.12. The van der Waals surface area contributed by atoms with E-state index < -0.39 is 11.7 Å². The fraction of sp³-hybridized carbons (Fsp3) is 0.167. The average Bonchev–Trinajstić information content (AvgIpc) is 2.77. The molecule has 0 radical (unpaired) electrons. The van der Waals surface area contributed by atoms with E-state index in [-0.39, 0.29) is 18.3 Å². The van der Waals surface area contributed by atoms with Crippen LogP contribution in [0.15, 0.2) is 66.7 Å². The van der Waals surface area contributed by atoms with E-state index >= 15 is 0 Å². The second kappa shape index (κ2) is 10.3. The van der Waals surface area contributed by atoms with Crippen molar-refractivity contribution in [3.8, 4) is 16.9 Å². The van der Waals surface area contributed by atoms with Crippen molar-refractivity contribution in [1.29, 1.82) is 0 Å². The van der Waals surface area contributed by atoms with Crippen LogP contribution in [0.3, 0.4) is 0 Å². The SMILES string of the molecule is COc1ccc(F)cc1-c1cccc(C(=O)NCC(=O)NCCc2cccc(F)c2)c1. The number of halogens is 2. The molecule has 0 aliphatic carbocycles. The Kier molecular flexibility index (Phi) is 7.32. The van der Waals surface area contributed by atoms with E-state index in [1.807, 2.05) is 0 Å². The Balaban J connectivity index is 1.55. The van der Waals surface area contributed by atoms with Crippen molar-refractivity contribution in [2.24, 2.45) is 0 Å². The van der Waals surface area contributed by atoms with Gasteiger partial charge < -0.3 is 15.4 Å². The van der Waals surface area contributed by atoms with Crippen molar-refractivity contribution in [1.82, 2.24) is 10.6 Å². The van der Waals surface area contributed by atoms with Gasteiger partial charge in [-0.15, -0.1) is 0 Å². The van der Waals surface area contributed by atoms with Crippen LogP contribution in [0.1, 0.15) is 15.9 Å². The first-order valence-electron chi connectivity index (χ1n) is 9.69. The van der Waals surface area contributed by atoms with Crippen LogP contribution in [-0.4, -0.2) is 32.0 Å². The van der Waals surface area contributed by atoms with Crippen LogP contribution >= 0.6 is 0 Å². The Morgan fingerprint density at radius 1 is 0.903 bits per heavy atom. The standard InChI is InChI=1S/C24H22F2N2O3/c1-31-22-9-8-20(26)14-21(22)17-5-3-6-18(13-17)24(30)28-15-23(29)27-11-10-16-4-2-7-19(25)12-16/h2-9,12-14H,10-11,15H2,1H3,(H,27,29)(H,28,30). The predicted octanol–water partition coefficient (Wildman–Crippen LogP) is 3.73.